The molecular formula is C25H38N2O7. The highest BCUT2D eigenvalue weighted by Gasteiger charge is 2.38. The number of primary amides is 1. The minimum absolute atomic E-state index is 0.0196. The monoisotopic (exact) mass is 478 g/mol. The van der Waals surface area contributed by atoms with E-state index in [1.165, 1.54) is 4.90 Å². The summed E-state index contributed by atoms with van der Waals surface area (Å²) in [5.41, 5.74) is 7.22. The van der Waals surface area contributed by atoms with Crippen LogP contribution in [0.5, 0.6) is 5.75 Å². The van der Waals surface area contributed by atoms with Gasteiger partial charge in [0.25, 0.3) is 5.91 Å². The molecule has 0 saturated carbocycles. The lowest BCUT2D eigenvalue weighted by Crippen LogP contribution is -2.45. The van der Waals surface area contributed by atoms with Gasteiger partial charge in [-0.1, -0.05) is 19.4 Å². The Kier molecular flexibility index (Phi) is 10.3. The zero-order chi connectivity index (χ0) is 25.3. The van der Waals surface area contributed by atoms with Crippen LogP contribution in [0.3, 0.4) is 0 Å². The van der Waals surface area contributed by atoms with Crippen LogP contribution in [0.25, 0.3) is 0 Å². The maximum Gasteiger partial charge on any atom is 0.306 e. The van der Waals surface area contributed by atoms with E-state index < -0.39 is 23.5 Å². The van der Waals surface area contributed by atoms with Crippen molar-refractivity contribution < 1.29 is 33.3 Å². The van der Waals surface area contributed by atoms with Crippen LogP contribution in [0.15, 0.2) is 12.1 Å². The normalized spacial score (nSPS) is 14.1. The summed E-state index contributed by atoms with van der Waals surface area (Å²) in [7, 11) is 1.61. The van der Waals surface area contributed by atoms with Gasteiger partial charge in [0.2, 0.25) is 5.91 Å². The number of nitrogens with zero attached hydrogens (tertiary/aromatic N) is 1. The van der Waals surface area contributed by atoms with Crippen LogP contribution < -0.4 is 10.5 Å². The fourth-order valence-electron chi connectivity index (χ4n) is 3.87. The molecule has 0 spiro atoms. The van der Waals surface area contributed by atoms with Gasteiger partial charge in [0.05, 0.1) is 26.4 Å². The van der Waals surface area contributed by atoms with Crippen molar-refractivity contribution in [1.29, 1.82) is 0 Å². The van der Waals surface area contributed by atoms with E-state index in [4.69, 9.17) is 24.7 Å². The number of nitrogens with two attached hydrogens (primary N) is 1. The van der Waals surface area contributed by atoms with E-state index >= 15 is 0 Å². The number of amides is 2. The summed E-state index contributed by atoms with van der Waals surface area (Å²) >= 11 is 0. The molecule has 1 aromatic rings. The van der Waals surface area contributed by atoms with Crippen molar-refractivity contribution in [2.45, 2.75) is 71.6 Å². The molecule has 0 unspecified atom stereocenters. The van der Waals surface area contributed by atoms with Crippen molar-refractivity contribution in [3.8, 4) is 5.75 Å². The van der Waals surface area contributed by atoms with Gasteiger partial charge in [-0.3, -0.25) is 14.4 Å². The lowest BCUT2D eigenvalue weighted by molar-refractivity contribution is -0.155. The lowest BCUT2D eigenvalue weighted by atomic mass is 10.0. The van der Waals surface area contributed by atoms with Gasteiger partial charge >= 0.3 is 5.97 Å². The Bertz CT molecular complexity index is 864. The molecule has 0 aromatic heterocycles. The summed E-state index contributed by atoms with van der Waals surface area (Å²) in [5, 5.41) is 0. The molecule has 0 aliphatic carbocycles. The third-order valence-corrected chi connectivity index (χ3v) is 5.33. The van der Waals surface area contributed by atoms with Gasteiger partial charge in [-0.25, -0.2) is 0 Å². The van der Waals surface area contributed by atoms with E-state index in [9.17, 15) is 14.4 Å². The van der Waals surface area contributed by atoms with Gasteiger partial charge in [-0.2, -0.15) is 0 Å². The molecular weight excluding hydrogens is 440 g/mol. The zero-order valence-electron chi connectivity index (χ0n) is 21.0. The molecule has 1 aliphatic rings. The number of carbonyl (C=O) groups excluding carboxylic acids is 3. The quantitative estimate of drug-likeness (QED) is 0.323. The predicted octanol–water partition coefficient (Wildman–Crippen LogP) is 2.61. The summed E-state index contributed by atoms with van der Waals surface area (Å²) < 4.78 is 21.8. The van der Waals surface area contributed by atoms with Crippen molar-refractivity contribution in [2.24, 2.45) is 5.73 Å². The Morgan fingerprint density at radius 2 is 1.85 bits per heavy atom. The predicted molar refractivity (Wildman–Crippen MR) is 127 cm³/mol. The van der Waals surface area contributed by atoms with Crippen LogP contribution >= 0.6 is 0 Å². The molecule has 1 heterocycles. The maximum absolute atomic E-state index is 13.2. The number of fused-ring (bicyclic) bond motifs is 1. The number of carbonyl (C=O) groups is 3. The molecule has 2 N–H and O–H groups in total. The van der Waals surface area contributed by atoms with E-state index in [0.29, 0.717) is 37.7 Å². The van der Waals surface area contributed by atoms with Crippen molar-refractivity contribution in [2.75, 3.05) is 33.5 Å². The van der Waals surface area contributed by atoms with Crippen molar-refractivity contribution in [1.82, 2.24) is 4.90 Å². The first-order chi connectivity index (χ1) is 16.1. The highest BCUT2D eigenvalue weighted by Crippen LogP contribution is 2.36. The number of rotatable bonds is 14. The van der Waals surface area contributed by atoms with E-state index in [2.05, 4.69) is 6.92 Å². The van der Waals surface area contributed by atoms with Crippen LogP contribution in [0.2, 0.25) is 0 Å². The number of benzene rings is 1. The van der Waals surface area contributed by atoms with Crippen LogP contribution in [-0.2, 0) is 36.8 Å². The van der Waals surface area contributed by atoms with Gasteiger partial charge < -0.3 is 29.6 Å². The van der Waals surface area contributed by atoms with Crippen molar-refractivity contribution in [3.05, 3.63) is 28.8 Å². The Hall–Kier alpha value is -2.65. The second-order valence-corrected chi connectivity index (χ2v) is 9.26. The van der Waals surface area contributed by atoms with Crippen LogP contribution in [0.1, 0.15) is 68.4 Å². The molecule has 1 atom stereocenters. The fourth-order valence-corrected chi connectivity index (χ4v) is 3.87. The third-order valence-electron chi connectivity index (χ3n) is 5.33. The molecule has 1 aliphatic heterocycles. The summed E-state index contributed by atoms with van der Waals surface area (Å²) in [6.45, 7) is 9.26. The first kappa shape index (κ1) is 27.6. The smallest absolute Gasteiger partial charge is 0.306 e. The van der Waals surface area contributed by atoms with Crippen molar-refractivity contribution >= 4 is 17.8 Å². The first-order valence-electron chi connectivity index (χ1n) is 11.7. The minimum Gasteiger partial charge on any atom is -0.491 e. The third kappa shape index (κ3) is 7.70. The molecule has 0 bridgehead atoms. The molecule has 9 nitrogen and oxygen atoms in total. The number of aryl methyl sites for hydroxylation is 1. The maximum atomic E-state index is 13.2. The summed E-state index contributed by atoms with van der Waals surface area (Å²) in [6, 6.07) is 2.74. The molecule has 9 heteroatoms. The summed E-state index contributed by atoms with van der Waals surface area (Å²) in [6.07, 6.45) is 1.78. The van der Waals surface area contributed by atoms with Crippen molar-refractivity contribution in [3.63, 3.8) is 0 Å². The number of methoxy groups -OCH3 is 1. The highest BCUT2D eigenvalue weighted by molar-refractivity contribution is 6.01. The number of hydrogen-bond acceptors (Lipinski definition) is 7. The average molecular weight is 479 g/mol. The summed E-state index contributed by atoms with van der Waals surface area (Å²) in [4.78, 5) is 39.0. The zero-order valence-corrected chi connectivity index (χ0v) is 21.0. The highest BCUT2D eigenvalue weighted by atomic mass is 16.6. The van der Waals surface area contributed by atoms with E-state index in [0.717, 1.165) is 24.0 Å². The molecule has 2 rings (SSSR count). The number of esters is 1. The second kappa shape index (κ2) is 12.7. The van der Waals surface area contributed by atoms with Gasteiger partial charge in [-0.15, -0.1) is 0 Å². The van der Waals surface area contributed by atoms with E-state index in [1.54, 1.807) is 33.9 Å². The minimum atomic E-state index is -0.924. The van der Waals surface area contributed by atoms with Crippen LogP contribution in [0.4, 0.5) is 0 Å². The summed E-state index contributed by atoms with van der Waals surface area (Å²) in [5.74, 6) is -0.744. The van der Waals surface area contributed by atoms with E-state index in [-0.39, 0.29) is 25.3 Å². The van der Waals surface area contributed by atoms with Crippen LogP contribution in [0, 0.1) is 0 Å². The molecule has 0 fully saturated rings. The van der Waals surface area contributed by atoms with Gasteiger partial charge in [-0.05, 0) is 45.2 Å². The second-order valence-electron chi connectivity index (χ2n) is 9.26. The Labute approximate surface area is 201 Å². The number of hydrogen-bond donors (Lipinski definition) is 1. The molecule has 0 saturated heterocycles. The Morgan fingerprint density at radius 3 is 2.47 bits per heavy atom. The topological polar surface area (TPSA) is 117 Å². The van der Waals surface area contributed by atoms with Crippen LogP contribution in [-0.4, -0.2) is 67.9 Å². The molecule has 190 valence electrons. The molecule has 34 heavy (non-hydrogen) atoms. The van der Waals surface area contributed by atoms with Gasteiger partial charge in [0, 0.05) is 24.7 Å². The molecule has 1 aromatic carbocycles. The SMILES string of the molecule is CCCc1ccc2c(c1OCCOCCOC)CN([C@@H](CCC(=O)OC(C)(C)C)C(N)=O)C2=O. The Morgan fingerprint density at radius 1 is 1.15 bits per heavy atom. The first-order valence-corrected chi connectivity index (χ1v) is 11.7. The standard InChI is InChI=1S/C25H38N2O7/c1-6-7-17-8-9-18-19(22(17)33-15-14-32-13-12-31-5)16-27(24(18)30)20(23(26)29)10-11-21(28)34-25(2,3)4/h8-9,20H,6-7,10-16H2,1-5H3,(H2,26,29)/t20-/m0/s1. The van der Waals surface area contributed by atoms with E-state index in [1.807, 2.05) is 6.07 Å². The van der Waals surface area contributed by atoms with Gasteiger partial charge in [0.1, 0.15) is 24.0 Å². The lowest BCUT2D eigenvalue weighted by Gasteiger charge is -2.26. The fraction of sp³-hybridized carbons (Fsp3) is 0.640. The largest absolute Gasteiger partial charge is 0.491 e. The molecule has 0 radical (unpaired) electrons. The molecule has 2 amide bonds. The number of ether oxygens (including phenoxy) is 4. The average Bonchev–Trinajstić information content (AvgIpc) is 3.07. The Balaban J connectivity index is 2.17. The van der Waals surface area contributed by atoms with Gasteiger partial charge in [0.15, 0.2) is 0 Å².